The van der Waals surface area contributed by atoms with Crippen LogP contribution in [-0.2, 0) is 0 Å². The van der Waals surface area contributed by atoms with Crippen molar-refractivity contribution >= 4 is 28.5 Å². The van der Waals surface area contributed by atoms with E-state index in [9.17, 15) is 9.59 Å². The highest BCUT2D eigenvalue weighted by molar-refractivity contribution is 7.14. The quantitative estimate of drug-likeness (QED) is 0.595. The molecule has 0 radical (unpaired) electrons. The van der Waals surface area contributed by atoms with Gasteiger partial charge in [0.15, 0.2) is 0 Å². The second-order valence-electron chi connectivity index (χ2n) is 7.23. The van der Waals surface area contributed by atoms with Crippen molar-refractivity contribution in [2.75, 3.05) is 18.7 Å². The molecule has 162 valence electrons. The van der Waals surface area contributed by atoms with E-state index >= 15 is 0 Å². The molecular formula is C21H29N5O3S. The number of aromatic nitrogens is 1. The molecule has 1 aromatic heterocycles. The number of urea groups is 2. The average molecular weight is 432 g/mol. The lowest BCUT2D eigenvalue weighted by Gasteiger charge is -2.27. The minimum Gasteiger partial charge on any atom is -0.497 e. The van der Waals surface area contributed by atoms with Crippen molar-refractivity contribution < 1.29 is 14.3 Å². The minimum absolute atomic E-state index is 0.121. The summed E-state index contributed by atoms with van der Waals surface area (Å²) in [6.45, 7) is 2.49. The molecular weight excluding hydrogens is 402 g/mol. The fraction of sp³-hybridized carbons (Fsp3) is 0.476. The van der Waals surface area contributed by atoms with Gasteiger partial charge in [-0.1, -0.05) is 26.2 Å². The number of hydrogen-bond donors (Lipinski definition) is 3. The van der Waals surface area contributed by atoms with Crippen LogP contribution in [0.5, 0.6) is 5.75 Å². The summed E-state index contributed by atoms with van der Waals surface area (Å²) in [5, 5.41) is 9.24. The predicted molar refractivity (Wildman–Crippen MR) is 119 cm³/mol. The molecule has 0 bridgehead atoms. The Morgan fingerprint density at radius 2 is 1.93 bits per heavy atom. The number of amides is 4. The first-order chi connectivity index (χ1) is 14.6. The SMILES string of the molecule is CCCNC(=O)NN(C(=O)NC1CCCCC1)c1nc(-c2ccc(OC)cc2)cs1. The van der Waals surface area contributed by atoms with Gasteiger partial charge < -0.3 is 15.4 Å². The second-order valence-corrected chi connectivity index (χ2v) is 8.07. The van der Waals surface area contributed by atoms with Crippen LogP contribution in [0.15, 0.2) is 29.6 Å². The Balaban J connectivity index is 1.77. The van der Waals surface area contributed by atoms with Gasteiger partial charge in [0.2, 0.25) is 5.13 Å². The van der Waals surface area contributed by atoms with E-state index in [1.165, 1.54) is 22.8 Å². The van der Waals surface area contributed by atoms with E-state index in [2.05, 4.69) is 21.0 Å². The second kappa shape index (κ2) is 10.8. The van der Waals surface area contributed by atoms with Crippen LogP contribution in [0.1, 0.15) is 45.4 Å². The number of thiazole rings is 1. The van der Waals surface area contributed by atoms with E-state index in [0.717, 1.165) is 49.1 Å². The normalized spacial score (nSPS) is 14.1. The monoisotopic (exact) mass is 431 g/mol. The third kappa shape index (κ3) is 5.85. The van der Waals surface area contributed by atoms with Gasteiger partial charge in [-0.25, -0.2) is 20.0 Å². The lowest BCUT2D eigenvalue weighted by molar-refractivity contribution is 0.227. The number of nitrogens with one attached hydrogen (secondary N) is 3. The van der Waals surface area contributed by atoms with Gasteiger partial charge >= 0.3 is 12.1 Å². The fourth-order valence-electron chi connectivity index (χ4n) is 3.31. The Morgan fingerprint density at radius 1 is 1.20 bits per heavy atom. The first kappa shape index (κ1) is 21.9. The van der Waals surface area contributed by atoms with Gasteiger partial charge in [-0.2, -0.15) is 5.01 Å². The summed E-state index contributed by atoms with van der Waals surface area (Å²) >= 11 is 1.30. The van der Waals surface area contributed by atoms with Crippen LogP contribution in [0.4, 0.5) is 14.7 Å². The number of carbonyl (C=O) groups is 2. The minimum atomic E-state index is -0.433. The topological polar surface area (TPSA) is 95.6 Å². The number of nitrogens with zero attached hydrogens (tertiary/aromatic N) is 2. The molecule has 4 amide bonds. The first-order valence-corrected chi connectivity index (χ1v) is 11.2. The highest BCUT2D eigenvalue weighted by atomic mass is 32.1. The zero-order valence-electron chi connectivity index (χ0n) is 17.4. The Bertz CT molecular complexity index is 833. The van der Waals surface area contributed by atoms with Gasteiger partial charge in [0, 0.05) is 23.5 Å². The molecule has 0 unspecified atom stereocenters. The summed E-state index contributed by atoms with van der Waals surface area (Å²) in [5.41, 5.74) is 4.27. The van der Waals surface area contributed by atoms with Crippen LogP contribution >= 0.6 is 11.3 Å². The zero-order chi connectivity index (χ0) is 21.3. The standard InChI is InChI=1S/C21H29N5O3S/c1-3-13-22-19(27)25-26(20(28)23-16-7-5-4-6-8-16)21-24-18(14-30-21)15-9-11-17(29-2)12-10-15/h9-12,14,16H,3-8,13H2,1-2H3,(H,23,28)(H2,22,25,27). The Labute approximate surface area is 181 Å². The Hall–Kier alpha value is -2.81. The highest BCUT2D eigenvalue weighted by Crippen LogP contribution is 2.28. The molecule has 1 fully saturated rings. The molecule has 1 saturated carbocycles. The van der Waals surface area contributed by atoms with Gasteiger partial charge in [0.1, 0.15) is 5.75 Å². The summed E-state index contributed by atoms with van der Waals surface area (Å²) in [4.78, 5) is 29.8. The molecule has 3 rings (SSSR count). The molecule has 1 aliphatic carbocycles. The summed E-state index contributed by atoms with van der Waals surface area (Å²) in [6.07, 6.45) is 6.13. The molecule has 0 saturated heterocycles. The summed E-state index contributed by atoms with van der Waals surface area (Å²) < 4.78 is 5.19. The number of rotatable bonds is 6. The third-order valence-electron chi connectivity index (χ3n) is 4.95. The number of anilines is 1. The van der Waals surface area contributed by atoms with Crippen LogP contribution in [0.25, 0.3) is 11.3 Å². The maximum absolute atomic E-state index is 13.0. The predicted octanol–water partition coefficient (Wildman–Crippen LogP) is 4.29. The van der Waals surface area contributed by atoms with E-state index in [1.54, 1.807) is 7.11 Å². The van der Waals surface area contributed by atoms with Gasteiger partial charge in [0.25, 0.3) is 0 Å². The van der Waals surface area contributed by atoms with E-state index < -0.39 is 6.03 Å². The van der Waals surface area contributed by atoms with Crippen LogP contribution in [-0.4, -0.2) is 36.7 Å². The lowest BCUT2D eigenvalue weighted by atomic mass is 9.96. The van der Waals surface area contributed by atoms with Crippen LogP contribution in [0, 0.1) is 0 Å². The number of hydrazine groups is 1. The van der Waals surface area contributed by atoms with Crippen molar-refractivity contribution in [3.63, 3.8) is 0 Å². The molecule has 1 aromatic carbocycles. The van der Waals surface area contributed by atoms with Crippen LogP contribution in [0.3, 0.4) is 0 Å². The number of benzene rings is 1. The molecule has 0 spiro atoms. The van der Waals surface area contributed by atoms with Crippen molar-refractivity contribution in [2.24, 2.45) is 0 Å². The van der Waals surface area contributed by atoms with Crippen molar-refractivity contribution in [3.8, 4) is 17.0 Å². The molecule has 2 aromatic rings. The molecule has 0 atom stereocenters. The van der Waals surface area contributed by atoms with Crippen molar-refractivity contribution in [2.45, 2.75) is 51.5 Å². The highest BCUT2D eigenvalue weighted by Gasteiger charge is 2.25. The fourth-order valence-corrected chi connectivity index (χ4v) is 4.10. The van der Waals surface area contributed by atoms with E-state index in [4.69, 9.17) is 4.74 Å². The molecule has 9 heteroatoms. The van der Waals surface area contributed by atoms with Crippen molar-refractivity contribution in [1.29, 1.82) is 0 Å². The smallest absolute Gasteiger partial charge is 0.343 e. The van der Waals surface area contributed by atoms with Crippen molar-refractivity contribution in [3.05, 3.63) is 29.6 Å². The molecule has 0 aliphatic heterocycles. The maximum Gasteiger partial charge on any atom is 0.343 e. The van der Waals surface area contributed by atoms with Gasteiger partial charge in [0.05, 0.1) is 12.8 Å². The lowest BCUT2D eigenvalue weighted by Crippen LogP contribution is -2.55. The Morgan fingerprint density at radius 3 is 2.60 bits per heavy atom. The van der Waals surface area contributed by atoms with E-state index in [0.29, 0.717) is 11.7 Å². The van der Waals surface area contributed by atoms with Crippen molar-refractivity contribution in [1.82, 2.24) is 21.0 Å². The number of hydrogen-bond acceptors (Lipinski definition) is 5. The maximum atomic E-state index is 13.0. The van der Waals surface area contributed by atoms with Gasteiger partial charge in [-0.15, -0.1) is 11.3 Å². The number of carbonyl (C=O) groups excluding carboxylic acids is 2. The molecule has 3 N–H and O–H groups in total. The summed E-state index contributed by atoms with van der Waals surface area (Å²) in [7, 11) is 1.62. The number of ether oxygens (including phenoxy) is 1. The molecule has 1 heterocycles. The Kier molecular flexibility index (Phi) is 7.89. The summed E-state index contributed by atoms with van der Waals surface area (Å²) in [5.74, 6) is 0.761. The van der Waals surface area contributed by atoms with E-state index in [1.807, 2.05) is 36.6 Å². The zero-order valence-corrected chi connectivity index (χ0v) is 18.3. The molecule has 8 nitrogen and oxygen atoms in total. The average Bonchev–Trinajstić information content (AvgIpc) is 3.26. The van der Waals surface area contributed by atoms with Crippen LogP contribution < -0.4 is 25.8 Å². The van der Waals surface area contributed by atoms with Gasteiger partial charge in [-0.3, -0.25) is 0 Å². The van der Waals surface area contributed by atoms with Crippen LogP contribution in [0.2, 0.25) is 0 Å². The van der Waals surface area contributed by atoms with Gasteiger partial charge in [-0.05, 0) is 43.5 Å². The van der Waals surface area contributed by atoms with E-state index in [-0.39, 0.29) is 12.1 Å². The number of methoxy groups -OCH3 is 1. The summed E-state index contributed by atoms with van der Waals surface area (Å²) in [6, 6.07) is 6.85. The molecule has 30 heavy (non-hydrogen) atoms. The largest absolute Gasteiger partial charge is 0.497 e. The molecule has 1 aliphatic rings. The first-order valence-electron chi connectivity index (χ1n) is 10.4. The third-order valence-corrected chi connectivity index (χ3v) is 5.78.